The molecule has 0 aliphatic rings. The van der Waals surface area contributed by atoms with Gasteiger partial charge in [-0.3, -0.25) is 9.97 Å². The summed E-state index contributed by atoms with van der Waals surface area (Å²) in [5.74, 6) is -0.355. The van der Waals surface area contributed by atoms with Gasteiger partial charge in [-0.2, -0.15) is 0 Å². The Balaban J connectivity index is 2.29. The van der Waals surface area contributed by atoms with Crippen LogP contribution in [0.4, 0.5) is 4.39 Å². The van der Waals surface area contributed by atoms with Gasteiger partial charge in [0.15, 0.2) is 0 Å². The number of hydrogen-bond donors (Lipinski definition) is 1. The van der Waals surface area contributed by atoms with Crippen LogP contribution in [0.3, 0.4) is 0 Å². The lowest BCUT2D eigenvalue weighted by molar-refractivity contribution is 0.410. The molecule has 0 aromatic carbocycles. The molecule has 1 unspecified atom stereocenters. The van der Waals surface area contributed by atoms with Gasteiger partial charge in [-0.25, -0.2) is 4.39 Å². The Kier molecular flexibility index (Phi) is 4.27. The van der Waals surface area contributed by atoms with Gasteiger partial charge in [0.2, 0.25) is 0 Å². The van der Waals surface area contributed by atoms with Crippen LogP contribution >= 0.6 is 15.9 Å². The molecular formula is C14H15BrFN3. The molecule has 2 heterocycles. The van der Waals surface area contributed by atoms with Gasteiger partial charge < -0.3 is 5.73 Å². The molecule has 5 heteroatoms. The van der Waals surface area contributed by atoms with E-state index in [0.29, 0.717) is 18.5 Å². The third-order valence-corrected chi connectivity index (χ3v) is 3.58. The molecule has 2 N–H and O–H groups in total. The third-order valence-electron chi connectivity index (χ3n) is 3.15. The molecule has 0 spiro atoms. The topological polar surface area (TPSA) is 51.8 Å². The summed E-state index contributed by atoms with van der Waals surface area (Å²) in [6.45, 7) is 2.00. The number of rotatable bonds is 4. The summed E-state index contributed by atoms with van der Waals surface area (Å²) in [5, 5.41) is 0. The molecule has 0 amide bonds. The van der Waals surface area contributed by atoms with E-state index in [-0.39, 0.29) is 5.82 Å². The smallest absolute Gasteiger partial charge is 0.141 e. The van der Waals surface area contributed by atoms with Crippen LogP contribution in [0.1, 0.15) is 24.6 Å². The molecule has 100 valence electrons. The summed E-state index contributed by atoms with van der Waals surface area (Å²) in [6.07, 6.45) is 6.02. The van der Waals surface area contributed by atoms with Crippen molar-refractivity contribution in [3.63, 3.8) is 0 Å². The highest BCUT2D eigenvalue weighted by molar-refractivity contribution is 9.10. The summed E-state index contributed by atoms with van der Waals surface area (Å²) >= 11 is 3.39. The molecule has 0 radical (unpaired) electrons. The van der Waals surface area contributed by atoms with E-state index in [2.05, 4.69) is 25.9 Å². The van der Waals surface area contributed by atoms with Crippen LogP contribution < -0.4 is 5.73 Å². The van der Waals surface area contributed by atoms with Crippen molar-refractivity contribution >= 4 is 15.9 Å². The molecule has 1 atom stereocenters. The van der Waals surface area contributed by atoms with Gasteiger partial charge in [0.05, 0.1) is 17.4 Å². The van der Waals surface area contributed by atoms with Crippen molar-refractivity contribution in [2.75, 3.05) is 0 Å². The Labute approximate surface area is 120 Å². The number of nitrogens with two attached hydrogens (primary N) is 1. The van der Waals surface area contributed by atoms with E-state index in [0.717, 1.165) is 10.0 Å². The van der Waals surface area contributed by atoms with Crippen LogP contribution in [0.2, 0.25) is 0 Å². The number of hydrogen-bond acceptors (Lipinski definition) is 3. The van der Waals surface area contributed by atoms with Crippen LogP contribution in [0, 0.1) is 5.82 Å². The fraction of sp³-hybridized carbons (Fsp3) is 0.286. The van der Waals surface area contributed by atoms with E-state index in [4.69, 9.17) is 5.73 Å². The molecular weight excluding hydrogens is 309 g/mol. The molecule has 0 saturated heterocycles. The normalized spacial score (nSPS) is 14.1. The van der Waals surface area contributed by atoms with E-state index < -0.39 is 5.54 Å². The lowest BCUT2D eigenvalue weighted by Crippen LogP contribution is -2.39. The number of pyridine rings is 2. The summed E-state index contributed by atoms with van der Waals surface area (Å²) in [7, 11) is 0. The average molecular weight is 324 g/mol. The first-order valence-corrected chi connectivity index (χ1v) is 6.83. The van der Waals surface area contributed by atoms with Crippen molar-refractivity contribution in [1.82, 2.24) is 9.97 Å². The summed E-state index contributed by atoms with van der Waals surface area (Å²) in [6, 6.07) is 5.01. The summed E-state index contributed by atoms with van der Waals surface area (Å²) < 4.78 is 13.9. The second kappa shape index (κ2) is 5.75. The lowest BCUT2D eigenvalue weighted by atomic mass is 9.86. The molecule has 2 aromatic rings. The highest BCUT2D eigenvalue weighted by Crippen LogP contribution is 2.25. The molecule has 0 fully saturated rings. The maximum absolute atomic E-state index is 12.9. The lowest BCUT2D eigenvalue weighted by Gasteiger charge is -2.27. The van der Waals surface area contributed by atoms with E-state index in [9.17, 15) is 4.39 Å². The Morgan fingerprint density at radius 3 is 2.68 bits per heavy atom. The number of nitrogens with zero attached hydrogens (tertiary/aromatic N) is 2. The zero-order chi connectivity index (χ0) is 13.9. The van der Waals surface area contributed by atoms with Crippen LogP contribution in [-0.2, 0) is 12.0 Å². The maximum Gasteiger partial charge on any atom is 0.141 e. The number of aromatic nitrogens is 2. The first-order valence-electron chi connectivity index (χ1n) is 6.04. The van der Waals surface area contributed by atoms with Crippen LogP contribution in [0.25, 0.3) is 0 Å². The first-order chi connectivity index (χ1) is 9.03. The minimum atomic E-state index is -0.615. The van der Waals surface area contributed by atoms with Crippen LogP contribution in [-0.4, -0.2) is 9.97 Å². The molecule has 2 aromatic heterocycles. The summed E-state index contributed by atoms with van der Waals surface area (Å²) in [4.78, 5) is 8.24. The predicted octanol–water partition coefficient (Wildman–Crippen LogP) is 3.18. The van der Waals surface area contributed by atoms with Crippen LogP contribution in [0.5, 0.6) is 0 Å². The van der Waals surface area contributed by atoms with E-state index in [1.54, 1.807) is 18.5 Å². The zero-order valence-corrected chi connectivity index (χ0v) is 12.2. The standard InChI is InChI=1S/C14H15BrFN3/c1-2-14(17,13-4-3-12(16)9-19-13)6-10-5-11(15)8-18-7-10/h3-5,7-9H,2,6,17H2,1H3. The largest absolute Gasteiger partial charge is 0.320 e. The van der Waals surface area contributed by atoms with Crippen molar-refractivity contribution in [1.29, 1.82) is 0 Å². The zero-order valence-electron chi connectivity index (χ0n) is 10.6. The molecule has 3 nitrogen and oxygen atoms in total. The van der Waals surface area contributed by atoms with Gasteiger partial charge in [-0.1, -0.05) is 6.92 Å². The highest BCUT2D eigenvalue weighted by atomic mass is 79.9. The monoisotopic (exact) mass is 323 g/mol. The second-order valence-electron chi connectivity index (χ2n) is 4.56. The summed E-state index contributed by atoms with van der Waals surface area (Å²) in [5.41, 5.74) is 7.52. The first kappa shape index (κ1) is 14.1. The van der Waals surface area contributed by atoms with Crippen molar-refractivity contribution in [3.05, 3.63) is 58.3 Å². The molecule has 0 saturated carbocycles. The Morgan fingerprint density at radius 2 is 2.11 bits per heavy atom. The minimum Gasteiger partial charge on any atom is -0.320 e. The van der Waals surface area contributed by atoms with Crippen molar-refractivity contribution in [2.24, 2.45) is 5.73 Å². The van der Waals surface area contributed by atoms with E-state index in [1.807, 2.05) is 13.0 Å². The van der Waals surface area contributed by atoms with Gasteiger partial charge in [-0.05, 0) is 52.5 Å². The van der Waals surface area contributed by atoms with E-state index in [1.165, 1.54) is 12.3 Å². The third kappa shape index (κ3) is 3.36. The molecule has 19 heavy (non-hydrogen) atoms. The maximum atomic E-state index is 12.9. The molecule has 2 rings (SSSR count). The van der Waals surface area contributed by atoms with Gasteiger partial charge in [0.25, 0.3) is 0 Å². The quantitative estimate of drug-likeness (QED) is 0.940. The fourth-order valence-corrected chi connectivity index (χ4v) is 2.40. The highest BCUT2D eigenvalue weighted by Gasteiger charge is 2.27. The SMILES string of the molecule is CCC(N)(Cc1cncc(Br)c1)c1ccc(F)cn1. The molecule has 0 bridgehead atoms. The predicted molar refractivity (Wildman–Crippen MR) is 76.0 cm³/mol. The average Bonchev–Trinajstić information content (AvgIpc) is 2.39. The van der Waals surface area contributed by atoms with Crippen molar-refractivity contribution < 1.29 is 4.39 Å². The van der Waals surface area contributed by atoms with Gasteiger partial charge in [0, 0.05) is 16.9 Å². The fourth-order valence-electron chi connectivity index (χ4n) is 1.98. The Hall–Kier alpha value is -1.33. The Bertz CT molecular complexity index is 559. The number of halogens is 2. The van der Waals surface area contributed by atoms with Gasteiger partial charge >= 0.3 is 0 Å². The van der Waals surface area contributed by atoms with E-state index >= 15 is 0 Å². The van der Waals surface area contributed by atoms with Gasteiger partial charge in [0.1, 0.15) is 5.82 Å². The van der Waals surface area contributed by atoms with Crippen LogP contribution in [0.15, 0.2) is 41.3 Å². The van der Waals surface area contributed by atoms with Crippen molar-refractivity contribution in [2.45, 2.75) is 25.3 Å². The van der Waals surface area contributed by atoms with Crippen molar-refractivity contribution in [3.8, 4) is 0 Å². The molecule has 0 aliphatic carbocycles. The minimum absolute atomic E-state index is 0.355. The second-order valence-corrected chi connectivity index (χ2v) is 5.48. The Morgan fingerprint density at radius 1 is 1.32 bits per heavy atom. The molecule has 0 aliphatic heterocycles. The van der Waals surface area contributed by atoms with Gasteiger partial charge in [-0.15, -0.1) is 0 Å².